The predicted molar refractivity (Wildman–Crippen MR) is 95.7 cm³/mol. The molecular weight excluding hydrogens is 340 g/mol. The van der Waals surface area contributed by atoms with Gasteiger partial charge in [-0.05, 0) is 30.5 Å². The van der Waals surface area contributed by atoms with E-state index < -0.39 is 23.9 Å². The number of primary amides is 1. The lowest BCUT2D eigenvalue weighted by Gasteiger charge is -2.20. The number of methoxy groups -OCH3 is 1. The van der Waals surface area contributed by atoms with Gasteiger partial charge in [-0.2, -0.15) is 0 Å². The second-order valence-electron chi connectivity index (χ2n) is 5.89. The quantitative estimate of drug-likeness (QED) is 0.508. The fraction of sp³-hybridized carbons (Fsp3) is 0.471. The molecule has 0 aliphatic rings. The third-order valence-electron chi connectivity index (χ3n) is 3.43. The fourth-order valence-corrected chi connectivity index (χ4v) is 2.10. The van der Waals surface area contributed by atoms with E-state index in [1.165, 1.54) is 13.2 Å². The molecule has 144 valence electrons. The lowest BCUT2D eigenvalue weighted by molar-refractivity contribution is -0.124. The van der Waals surface area contributed by atoms with Gasteiger partial charge in [0, 0.05) is 5.56 Å². The van der Waals surface area contributed by atoms with Gasteiger partial charge in [0.15, 0.2) is 11.5 Å². The van der Waals surface area contributed by atoms with Crippen LogP contribution >= 0.6 is 0 Å². The van der Waals surface area contributed by atoms with Crippen LogP contribution in [0.15, 0.2) is 18.2 Å². The average molecular weight is 366 g/mol. The summed E-state index contributed by atoms with van der Waals surface area (Å²) in [7, 11) is 1.47. The summed E-state index contributed by atoms with van der Waals surface area (Å²) >= 11 is 0. The summed E-state index contributed by atoms with van der Waals surface area (Å²) in [5.74, 6) is -0.398. The number of urea groups is 1. The number of nitrogens with two attached hydrogens (primary N) is 1. The number of nitrogens with one attached hydrogen (secondary N) is 3. The number of rotatable bonds is 8. The van der Waals surface area contributed by atoms with Crippen LogP contribution < -0.4 is 31.4 Å². The minimum Gasteiger partial charge on any atom is -0.493 e. The summed E-state index contributed by atoms with van der Waals surface area (Å²) < 4.78 is 10.7. The normalized spacial score (nSPS) is 11.4. The first kappa shape index (κ1) is 21.1. The SMILES string of the molecule is CCCOc1ccc(C(=O)NNC(=O)[C@@H](NC(N)=O)C(C)C)cc1OC. The second-order valence-corrected chi connectivity index (χ2v) is 5.89. The molecule has 0 heterocycles. The smallest absolute Gasteiger partial charge is 0.312 e. The van der Waals surface area contributed by atoms with Gasteiger partial charge in [-0.25, -0.2) is 4.79 Å². The average Bonchev–Trinajstić information content (AvgIpc) is 2.61. The van der Waals surface area contributed by atoms with E-state index in [-0.39, 0.29) is 11.5 Å². The topological polar surface area (TPSA) is 132 Å². The molecule has 4 amide bonds. The van der Waals surface area contributed by atoms with Gasteiger partial charge in [0.25, 0.3) is 11.8 Å². The molecule has 0 aliphatic heterocycles. The third-order valence-corrected chi connectivity index (χ3v) is 3.43. The Morgan fingerprint density at radius 2 is 1.85 bits per heavy atom. The van der Waals surface area contributed by atoms with Crippen LogP contribution in [-0.2, 0) is 4.79 Å². The van der Waals surface area contributed by atoms with Crippen molar-refractivity contribution in [3.8, 4) is 11.5 Å². The van der Waals surface area contributed by atoms with E-state index in [1.807, 2.05) is 6.92 Å². The van der Waals surface area contributed by atoms with E-state index in [0.29, 0.717) is 18.1 Å². The molecule has 0 bridgehead atoms. The van der Waals surface area contributed by atoms with E-state index in [9.17, 15) is 14.4 Å². The Morgan fingerprint density at radius 3 is 2.38 bits per heavy atom. The summed E-state index contributed by atoms with van der Waals surface area (Å²) in [5, 5.41) is 2.33. The molecule has 1 atom stereocenters. The van der Waals surface area contributed by atoms with Crippen molar-refractivity contribution in [2.24, 2.45) is 11.7 Å². The minimum absolute atomic E-state index is 0.213. The van der Waals surface area contributed by atoms with Gasteiger partial charge in [0.2, 0.25) is 0 Å². The lowest BCUT2D eigenvalue weighted by atomic mass is 10.0. The van der Waals surface area contributed by atoms with Gasteiger partial charge in [0.05, 0.1) is 13.7 Å². The van der Waals surface area contributed by atoms with Gasteiger partial charge in [-0.1, -0.05) is 20.8 Å². The number of hydrazine groups is 1. The van der Waals surface area contributed by atoms with Crippen molar-refractivity contribution in [1.29, 1.82) is 0 Å². The third kappa shape index (κ3) is 6.15. The van der Waals surface area contributed by atoms with Crippen molar-refractivity contribution in [1.82, 2.24) is 16.2 Å². The van der Waals surface area contributed by atoms with Gasteiger partial charge in [-0.3, -0.25) is 20.4 Å². The highest BCUT2D eigenvalue weighted by Gasteiger charge is 2.24. The van der Waals surface area contributed by atoms with E-state index in [2.05, 4.69) is 16.2 Å². The fourth-order valence-electron chi connectivity index (χ4n) is 2.10. The lowest BCUT2D eigenvalue weighted by Crippen LogP contribution is -2.55. The number of amides is 4. The van der Waals surface area contributed by atoms with Crippen molar-refractivity contribution in [2.45, 2.75) is 33.2 Å². The largest absolute Gasteiger partial charge is 0.493 e. The molecule has 1 aromatic carbocycles. The van der Waals surface area contributed by atoms with Gasteiger partial charge >= 0.3 is 6.03 Å². The van der Waals surface area contributed by atoms with E-state index >= 15 is 0 Å². The second kappa shape index (κ2) is 10.1. The highest BCUT2D eigenvalue weighted by atomic mass is 16.5. The zero-order valence-electron chi connectivity index (χ0n) is 15.4. The number of hydrogen-bond acceptors (Lipinski definition) is 5. The van der Waals surface area contributed by atoms with E-state index in [0.717, 1.165) is 6.42 Å². The molecule has 26 heavy (non-hydrogen) atoms. The van der Waals surface area contributed by atoms with Crippen LogP contribution in [0, 0.1) is 5.92 Å². The van der Waals surface area contributed by atoms with Crippen LogP contribution in [0.2, 0.25) is 0 Å². The number of ether oxygens (including phenoxy) is 2. The van der Waals surface area contributed by atoms with Crippen molar-refractivity contribution < 1.29 is 23.9 Å². The van der Waals surface area contributed by atoms with Gasteiger partial charge in [0.1, 0.15) is 6.04 Å². The molecule has 0 aromatic heterocycles. The molecule has 0 spiro atoms. The maximum absolute atomic E-state index is 12.2. The highest BCUT2D eigenvalue weighted by molar-refractivity contribution is 5.96. The maximum atomic E-state index is 12.2. The minimum atomic E-state index is -0.868. The zero-order chi connectivity index (χ0) is 19.7. The van der Waals surface area contributed by atoms with Crippen molar-refractivity contribution in [3.63, 3.8) is 0 Å². The summed E-state index contributed by atoms with van der Waals surface area (Å²) in [5.41, 5.74) is 9.89. The Hall–Kier alpha value is -2.97. The first-order chi connectivity index (χ1) is 12.3. The van der Waals surface area contributed by atoms with Gasteiger partial charge in [-0.15, -0.1) is 0 Å². The molecular formula is C17H26N4O5. The monoisotopic (exact) mass is 366 g/mol. The van der Waals surface area contributed by atoms with E-state index in [1.54, 1.807) is 26.0 Å². The first-order valence-corrected chi connectivity index (χ1v) is 8.27. The molecule has 1 rings (SSSR count). The molecule has 0 saturated heterocycles. The van der Waals surface area contributed by atoms with Crippen LogP contribution in [0.3, 0.4) is 0 Å². The molecule has 0 aliphatic carbocycles. The number of carbonyl (C=O) groups excluding carboxylic acids is 3. The summed E-state index contributed by atoms with van der Waals surface area (Å²) in [6, 6.07) is 2.99. The molecule has 9 heteroatoms. The Balaban J connectivity index is 2.75. The van der Waals surface area contributed by atoms with E-state index in [4.69, 9.17) is 15.2 Å². The number of hydrogen-bond donors (Lipinski definition) is 4. The molecule has 0 fully saturated rings. The van der Waals surface area contributed by atoms with Crippen molar-refractivity contribution in [2.75, 3.05) is 13.7 Å². The van der Waals surface area contributed by atoms with Crippen LogP contribution in [0.5, 0.6) is 11.5 Å². The molecule has 0 radical (unpaired) electrons. The van der Waals surface area contributed by atoms with Crippen LogP contribution in [-0.4, -0.2) is 37.6 Å². The zero-order valence-corrected chi connectivity index (χ0v) is 15.4. The van der Waals surface area contributed by atoms with Crippen LogP contribution in [0.25, 0.3) is 0 Å². The number of benzene rings is 1. The van der Waals surface area contributed by atoms with Crippen LogP contribution in [0.4, 0.5) is 4.79 Å². The summed E-state index contributed by atoms with van der Waals surface area (Å²) in [4.78, 5) is 35.3. The first-order valence-electron chi connectivity index (χ1n) is 8.27. The summed E-state index contributed by atoms with van der Waals surface area (Å²) in [6.45, 7) is 5.99. The molecule has 0 unspecified atom stereocenters. The Bertz CT molecular complexity index is 648. The number of carbonyl (C=O) groups is 3. The molecule has 9 nitrogen and oxygen atoms in total. The molecule has 1 aromatic rings. The van der Waals surface area contributed by atoms with Crippen LogP contribution in [0.1, 0.15) is 37.6 Å². The van der Waals surface area contributed by atoms with Crippen molar-refractivity contribution in [3.05, 3.63) is 23.8 Å². The maximum Gasteiger partial charge on any atom is 0.312 e. The van der Waals surface area contributed by atoms with Crippen molar-refractivity contribution >= 4 is 17.8 Å². The summed E-state index contributed by atoms with van der Waals surface area (Å²) in [6.07, 6.45) is 0.841. The Kier molecular flexibility index (Phi) is 8.20. The Morgan fingerprint density at radius 1 is 1.15 bits per heavy atom. The predicted octanol–water partition coefficient (Wildman–Crippen LogP) is 0.938. The standard InChI is InChI=1S/C17H26N4O5/c1-5-8-26-12-7-6-11(9-13(12)25-4)15(22)20-21-16(23)14(10(2)3)19-17(18)24/h6-7,9-10,14H,5,8H2,1-4H3,(H,20,22)(H,21,23)(H3,18,19,24)/t14-/m0/s1. The van der Waals surface area contributed by atoms with Gasteiger partial charge < -0.3 is 20.5 Å². The molecule has 5 N–H and O–H groups in total. The molecule has 0 saturated carbocycles. The highest BCUT2D eigenvalue weighted by Crippen LogP contribution is 2.28. The Labute approximate surface area is 152 Å².